The molecule has 140 valence electrons. The number of aliphatic carboxylic acids is 1. The molecule has 0 radical (unpaired) electrons. The average Bonchev–Trinajstić information content (AvgIpc) is 2.57. The Balaban J connectivity index is 4.10. The first kappa shape index (κ1) is 22.7. The Kier molecular flexibility index (Phi) is 13.9. The number of aliphatic hydroxyl groups is 3. The van der Waals surface area contributed by atoms with E-state index in [0.717, 1.165) is 44.6 Å². The van der Waals surface area contributed by atoms with E-state index in [2.05, 4.69) is 6.92 Å². The number of aliphatic hydroxyl groups excluding tert-OH is 3. The van der Waals surface area contributed by atoms with Crippen molar-refractivity contribution in [2.75, 3.05) is 0 Å². The van der Waals surface area contributed by atoms with Crippen LogP contribution in [0.4, 0.5) is 0 Å². The molecule has 5 heteroatoms. The predicted molar refractivity (Wildman–Crippen MR) is 100 cm³/mol. The van der Waals surface area contributed by atoms with E-state index in [-0.39, 0.29) is 17.6 Å². The van der Waals surface area contributed by atoms with Gasteiger partial charge in [-0.1, -0.05) is 56.6 Å². The first-order valence-electron chi connectivity index (χ1n) is 8.68. The molecule has 0 amide bonds. The quantitative estimate of drug-likeness (QED) is 0.166. The lowest BCUT2D eigenvalue weighted by Crippen LogP contribution is -2.05. The molecule has 0 aromatic rings. The highest BCUT2D eigenvalue weighted by molar-refractivity contribution is 5.80. The van der Waals surface area contributed by atoms with Crippen LogP contribution in [0.2, 0.25) is 0 Å². The second-order valence-electron chi connectivity index (χ2n) is 5.69. The summed E-state index contributed by atoms with van der Waals surface area (Å²) in [5, 5.41) is 37.5. The highest BCUT2D eigenvalue weighted by atomic mass is 16.4. The standard InChI is InChI=1S/C20H30O5/c1-2-3-7-12-17(21)13-8-6-10-15-19(23)18(22)14-9-4-5-11-16-20(24)25/h4-5,9-11,14-17,21-23H,2-3,6-8,12-13H2,1H3,(H,24,25). The summed E-state index contributed by atoms with van der Waals surface area (Å²) in [6.45, 7) is 2.13. The smallest absolute Gasteiger partial charge is 0.328 e. The summed E-state index contributed by atoms with van der Waals surface area (Å²) in [5.41, 5.74) is 0. The van der Waals surface area contributed by atoms with Crippen LogP contribution in [0, 0.1) is 0 Å². The van der Waals surface area contributed by atoms with E-state index in [4.69, 9.17) is 5.11 Å². The minimum absolute atomic E-state index is 0.241. The third-order valence-electron chi connectivity index (χ3n) is 3.41. The van der Waals surface area contributed by atoms with E-state index in [9.17, 15) is 20.1 Å². The summed E-state index contributed by atoms with van der Waals surface area (Å²) in [5.74, 6) is -1.55. The van der Waals surface area contributed by atoms with Crippen molar-refractivity contribution in [3.05, 3.63) is 60.1 Å². The van der Waals surface area contributed by atoms with Crippen LogP contribution in [0.5, 0.6) is 0 Å². The van der Waals surface area contributed by atoms with Gasteiger partial charge in [0.1, 0.15) is 0 Å². The van der Waals surface area contributed by atoms with Gasteiger partial charge in [0.25, 0.3) is 0 Å². The zero-order valence-electron chi connectivity index (χ0n) is 14.8. The highest BCUT2D eigenvalue weighted by Gasteiger charge is 2.02. The van der Waals surface area contributed by atoms with Crippen molar-refractivity contribution in [3.63, 3.8) is 0 Å². The lowest BCUT2D eigenvalue weighted by Gasteiger charge is -2.08. The number of hydrogen-bond donors (Lipinski definition) is 4. The molecule has 0 heterocycles. The molecule has 0 aromatic carbocycles. The number of rotatable bonds is 13. The van der Waals surface area contributed by atoms with E-state index >= 15 is 0 Å². The van der Waals surface area contributed by atoms with Crippen LogP contribution in [-0.4, -0.2) is 32.5 Å². The van der Waals surface area contributed by atoms with Gasteiger partial charge in [-0.25, -0.2) is 4.79 Å². The van der Waals surface area contributed by atoms with Crippen molar-refractivity contribution >= 4 is 5.97 Å². The fourth-order valence-electron chi connectivity index (χ4n) is 2.02. The monoisotopic (exact) mass is 350 g/mol. The van der Waals surface area contributed by atoms with Crippen molar-refractivity contribution in [3.8, 4) is 0 Å². The second kappa shape index (κ2) is 15.3. The first-order chi connectivity index (χ1) is 12.0. The Morgan fingerprint density at radius 3 is 2.08 bits per heavy atom. The number of unbranched alkanes of at least 4 members (excludes halogenated alkanes) is 3. The molecule has 0 fully saturated rings. The maximum Gasteiger partial charge on any atom is 0.328 e. The van der Waals surface area contributed by atoms with Gasteiger partial charge in [0.2, 0.25) is 0 Å². The third-order valence-corrected chi connectivity index (χ3v) is 3.41. The number of allylic oxidation sites excluding steroid dienone is 7. The Labute approximate surface area is 150 Å². The molecule has 0 aliphatic heterocycles. The zero-order chi connectivity index (χ0) is 18.9. The average molecular weight is 350 g/mol. The van der Waals surface area contributed by atoms with Crippen molar-refractivity contribution in [1.82, 2.24) is 0 Å². The fraction of sp³-hybridized carbons (Fsp3) is 0.450. The van der Waals surface area contributed by atoms with E-state index < -0.39 is 5.97 Å². The van der Waals surface area contributed by atoms with Gasteiger partial charge in [-0.2, -0.15) is 0 Å². The molecule has 4 N–H and O–H groups in total. The van der Waals surface area contributed by atoms with Gasteiger partial charge in [0.15, 0.2) is 11.5 Å². The van der Waals surface area contributed by atoms with E-state index in [1.165, 1.54) is 36.5 Å². The topological polar surface area (TPSA) is 98.0 Å². The largest absolute Gasteiger partial charge is 0.504 e. The van der Waals surface area contributed by atoms with Gasteiger partial charge in [0.05, 0.1) is 6.10 Å². The first-order valence-corrected chi connectivity index (χ1v) is 8.68. The Morgan fingerprint density at radius 2 is 1.44 bits per heavy atom. The van der Waals surface area contributed by atoms with Crippen molar-refractivity contribution < 1.29 is 25.2 Å². The van der Waals surface area contributed by atoms with Crippen LogP contribution in [0.3, 0.4) is 0 Å². The van der Waals surface area contributed by atoms with Gasteiger partial charge in [-0.15, -0.1) is 0 Å². The summed E-state index contributed by atoms with van der Waals surface area (Å²) in [6, 6.07) is 0. The maximum atomic E-state index is 10.2. The summed E-state index contributed by atoms with van der Waals surface area (Å²) in [7, 11) is 0. The molecule has 0 saturated heterocycles. The van der Waals surface area contributed by atoms with E-state index in [1.807, 2.05) is 0 Å². The molecule has 25 heavy (non-hydrogen) atoms. The maximum absolute atomic E-state index is 10.2. The lowest BCUT2D eigenvalue weighted by molar-refractivity contribution is -0.131. The normalized spacial score (nSPS) is 14.8. The molecule has 0 bridgehead atoms. The predicted octanol–water partition coefficient (Wildman–Crippen LogP) is 4.73. The van der Waals surface area contributed by atoms with Gasteiger partial charge >= 0.3 is 5.97 Å². The van der Waals surface area contributed by atoms with Crippen LogP contribution in [-0.2, 0) is 4.79 Å². The molecular formula is C20H30O5. The van der Waals surface area contributed by atoms with E-state index in [0.29, 0.717) is 6.42 Å². The Bertz CT molecular complexity index is 512. The molecule has 5 nitrogen and oxygen atoms in total. The zero-order valence-corrected chi connectivity index (χ0v) is 14.8. The van der Waals surface area contributed by atoms with Gasteiger partial charge in [-0.05, 0) is 37.8 Å². The van der Waals surface area contributed by atoms with Crippen molar-refractivity contribution in [1.29, 1.82) is 0 Å². The van der Waals surface area contributed by atoms with Gasteiger partial charge in [0, 0.05) is 6.08 Å². The van der Waals surface area contributed by atoms with Crippen LogP contribution < -0.4 is 0 Å². The molecule has 0 aromatic heterocycles. The van der Waals surface area contributed by atoms with Gasteiger partial charge < -0.3 is 20.4 Å². The third kappa shape index (κ3) is 15.0. The van der Waals surface area contributed by atoms with Crippen molar-refractivity contribution in [2.45, 2.75) is 58.0 Å². The van der Waals surface area contributed by atoms with Crippen molar-refractivity contribution in [2.24, 2.45) is 0 Å². The minimum atomic E-state index is -1.03. The lowest BCUT2D eigenvalue weighted by atomic mass is 10.1. The molecular weight excluding hydrogens is 320 g/mol. The van der Waals surface area contributed by atoms with Crippen LogP contribution >= 0.6 is 0 Å². The summed E-state index contributed by atoms with van der Waals surface area (Å²) in [6.07, 6.45) is 17.5. The SMILES string of the molecule is CCCCCC(O)CCCC=CC(O)=C(O)C=CC=CC=CC(=O)O. The van der Waals surface area contributed by atoms with Crippen LogP contribution in [0.1, 0.15) is 51.9 Å². The second-order valence-corrected chi connectivity index (χ2v) is 5.69. The number of carbonyl (C=O) groups is 1. The molecule has 0 aliphatic carbocycles. The van der Waals surface area contributed by atoms with E-state index in [1.54, 1.807) is 6.08 Å². The molecule has 0 spiro atoms. The number of carboxylic acids is 1. The Morgan fingerprint density at radius 1 is 0.840 bits per heavy atom. The van der Waals surface area contributed by atoms with Crippen LogP contribution in [0.25, 0.3) is 0 Å². The summed E-state index contributed by atoms with van der Waals surface area (Å²) in [4.78, 5) is 10.2. The minimum Gasteiger partial charge on any atom is -0.504 e. The van der Waals surface area contributed by atoms with Gasteiger partial charge in [-0.3, -0.25) is 0 Å². The number of hydrogen-bond acceptors (Lipinski definition) is 4. The molecule has 0 aliphatic rings. The summed E-state index contributed by atoms with van der Waals surface area (Å²) >= 11 is 0. The molecule has 0 rings (SSSR count). The van der Waals surface area contributed by atoms with Crippen LogP contribution in [0.15, 0.2) is 60.1 Å². The highest BCUT2D eigenvalue weighted by Crippen LogP contribution is 2.10. The molecule has 0 saturated carbocycles. The fourth-order valence-corrected chi connectivity index (χ4v) is 2.02. The molecule has 1 atom stereocenters. The molecule has 1 unspecified atom stereocenters. The Hall–Kier alpha value is -2.27. The summed E-state index contributed by atoms with van der Waals surface area (Å²) < 4.78 is 0. The number of carboxylic acid groups (broad SMARTS) is 1.